The van der Waals surface area contributed by atoms with Crippen molar-refractivity contribution in [3.63, 3.8) is 0 Å². The number of rotatable bonds is 7. The number of nitrogens with one attached hydrogen (secondary N) is 1. The number of hydrogen-bond donors (Lipinski definition) is 2. The third kappa shape index (κ3) is 4.69. The maximum atomic E-state index is 6.23. The van der Waals surface area contributed by atoms with E-state index in [9.17, 15) is 0 Å². The minimum Gasteiger partial charge on any atom is -0.354 e. The Balaban J connectivity index is 3.00. The summed E-state index contributed by atoms with van der Waals surface area (Å²) in [4.78, 5) is 8.65. The zero-order valence-corrected chi connectivity index (χ0v) is 13.1. The molecule has 7 heteroatoms. The molecule has 0 aliphatic rings. The molecule has 1 rings (SSSR count). The Bertz CT molecular complexity index is 411. The van der Waals surface area contributed by atoms with Crippen LogP contribution in [0.15, 0.2) is 6.07 Å². The van der Waals surface area contributed by atoms with Gasteiger partial charge in [-0.25, -0.2) is 10.8 Å². The summed E-state index contributed by atoms with van der Waals surface area (Å²) in [6.45, 7) is 4.77. The number of halogens is 2. The Morgan fingerprint density at radius 1 is 1.21 bits per heavy atom. The molecule has 1 aromatic rings. The van der Waals surface area contributed by atoms with Gasteiger partial charge in [0, 0.05) is 19.6 Å². The maximum absolute atomic E-state index is 6.23. The molecule has 1 heterocycles. The summed E-state index contributed by atoms with van der Waals surface area (Å²) in [5, 5.41) is 0.955. The lowest BCUT2D eigenvalue weighted by atomic mass is 10.3. The summed E-state index contributed by atoms with van der Waals surface area (Å²) in [7, 11) is 4.07. The van der Waals surface area contributed by atoms with Gasteiger partial charge in [-0.3, -0.25) is 0 Å². The number of nitrogen functional groups attached to an aromatic ring is 1. The van der Waals surface area contributed by atoms with Gasteiger partial charge in [-0.1, -0.05) is 30.1 Å². The summed E-state index contributed by atoms with van der Waals surface area (Å²) < 4.78 is 0. The van der Waals surface area contributed by atoms with Gasteiger partial charge >= 0.3 is 0 Å². The van der Waals surface area contributed by atoms with E-state index < -0.39 is 0 Å². The Hall–Kier alpha value is -0.750. The third-order valence-electron chi connectivity index (χ3n) is 2.66. The third-order valence-corrected chi connectivity index (χ3v) is 3.22. The molecule has 0 saturated carbocycles. The smallest absolute Gasteiger partial charge is 0.161 e. The molecular formula is C12H21Cl2N5. The van der Waals surface area contributed by atoms with E-state index in [2.05, 4.69) is 27.1 Å². The number of hydrazine groups is 1. The first kappa shape index (κ1) is 16.3. The van der Waals surface area contributed by atoms with Crippen LogP contribution in [0.4, 0.5) is 11.6 Å². The van der Waals surface area contributed by atoms with Gasteiger partial charge in [-0.2, -0.15) is 0 Å². The minimum atomic E-state index is 0.417. The monoisotopic (exact) mass is 305 g/mol. The van der Waals surface area contributed by atoms with E-state index >= 15 is 0 Å². The molecular weight excluding hydrogens is 285 g/mol. The minimum absolute atomic E-state index is 0.417. The van der Waals surface area contributed by atoms with Crippen LogP contribution in [-0.4, -0.2) is 43.6 Å². The van der Waals surface area contributed by atoms with Crippen LogP contribution in [0.25, 0.3) is 0 Å². The van der Waals surface area contributed by atoms with E-state index in [1.54, 1.807) is 6.07 Å². The zero-order chi connectivity index (χ0) is 14.4. The molecule has 0 aliphatic carbocycles. The maximum Gasteiger partial charge on any atom is 0.161 e. The molecule has 0 saturated heterocycles. The molecule has 0 bridgehead atoms. The highest BCUT2D eigenvalue weighted by atomic mass is 35.5. The van der Waals surface area contributed by atoms with Crippen molar-refractivity contribution < 1.29 is 0 Å². The number of likely N-dealkylation sites (N-methyl/N-ethyl adjacent to an activating group) is 1. The van der Waals surface area contributed by atoms with Crippen molar-refractivity contribution in [2.24, 2.45) is 5.84 Å². The molecule has 0 spiro atoms. The summed E-state index contributed by atoms with van der Waals surface area (Å²) in [5.74, 6) is 6.55. The highest BCUT2D eigenvalue weighted by Gasteiger charge is 2.15. The standard InChI is InChI=1S/C12H21Cl2N5/c1-4-5-19(7-6-18(2)3)12-10(14)8-9(13)11(16-12)17-15/h8H,4-7,15H2,1-3H3,(H,16,17). The lowest BCUT2D eigenvalue weighted by Gasteiger charge is -2.26. The fraction of sp³-hybridized carbons (Fsp3) is 0.583. The second-order valence-corrected chi connectivity index (χ2v) is 5.37. The second kappa shape index (κ2) is 7.75. The summed E-state index contributed by atoms with van der Waals surface area (Å²) in [6.07, 6.45) is 1.01. The fourth-order valence-corrected chi connectivity index (χ4v) is 2.23. The largest absolute Gasteiger partial charge is 0.354 e. The van der Waals surface area contributed by atoms with Gasteiger partial charge in [0.1, 0.15) is 5.82 Å². The molecule has 19 heavy (non-hydrogen) atoms. The lowest BCUT2D eigenvalue weighted by Crippen LogP contribution is -2.33. The van der Waals surface area contributed by atoms with E-state index in [1.807, 2.05) is 14.1 Å². The Kier molecular flexibility index (Phi) is 6.65. The highest BCUT2D eigenvalue weighted by Crippen LogP contribution is 2.31. The van der Waals surface area contributed by atoms with Crippen LogP contribution in [0, 0.1) is 0 Å². The quantitative estimate of drug-likeness (QED) is 0.598. The molecule has 5 nitrogen and oxygen atoms in total. The summed E-state index contributed by atoms with van der Waals surface area (Å²) in [6, 6.07) is 1.67. The molecule has 0 radical (unpaired) electrons. The SMILES string of the molecule is CCCN(CCN(C)C)c1nc(NN)c(Cl)cc1Cl. The predicted molar refractivity (Wildman–Crippen MR) is 83.1 cm³/mol. The number of hydrogen-bond acceptors (Lipinski definition) is 5. The van der Waals surface area contributed by atoms with Gasteiger partial charge in [0.2, 0.25) is 0 Å². The number of aromatic nitrogens is 1. The summed E-state index contributed by atoms with van der Waals surface area (Å²) in [5.41, 5.74) is 2.49. The Labute approximate surface area is 124 Å². The van der Waals surface area contributed by atoms with Crippen molar-refractivity contribution >= 4 is 34.8 Å². The first-order valence-electron chi connectivity index (χ1n) is 6.22. The van der Waals surface area contributed by atoms with Crippen molar-refractivity contribution in [3.8, 4) is 0 Å². The topological polar surface area (TPSA) is 57.4 Å². The van der Waals surface area contributed by atoms with Crippen LogP contribution in [0.5, 0.6) is 0 Å². The van der Waals surface area contributed by atoms with E-state index in [4.69, 9.17) is 29.0 Å². The van der Waals surface area contributed by atoms with Gasteiger partial charge in [-0.15, -0.1) is 0 Å². The molecule has 0 aromatic carbocycles. The number of nitrogens with two attached hydrogens (primary N) is 1. The molecule has 0 atom stereocenters. The van der Waals surface area contributed by atoms with Crippen LogP contribution in [0.3, 0.4) is 0 Å². The van der Waals surface area contributed by atoms with Crippen molar-refractivity contribution in [1.82, 2.24) is 9.88 Å². The second-order valence-electron chi connectivity index (χ2n) is 4.56. The molecule has 0 fully saturated rings. The van der Waals surface area contributed by atoms with Crippen LogP contribution in [0.1, 0.15) is 13.3 Å². The van der Waals surface area contributed by atoms with Crippen molar-refractivity contribution in [1.29, 1.82) is 0 Å². The Morgan fingerprint density at radius 3 is 2.42 bits per heavy atom. The van der Waals surface area contributed by atoms with Gasteiger partial charge in [-0.05, 0) is 26.6 Å². The molecule has 0 aliphatic heterocycles. The van der Waals surface area contributed by atoms with Gasteiger partial charge < -0.3 is 15.2 Å². The van der Waals surface area contributed by atoms with E-state index in [1.165, 1.54) is 0 Å². The van der Waals surface area contributed by atoms with Crippen LogP contribution in [-0.2, 0) is 0 Å². The van der Waals surface area contributed by atoms with Crippen molar-refractivity contribution in [2.75, 3.05) is 44.1 Å². The van der Waals surface area contributed by atoms with E-state index in [0.29, 0.717) is 21.7 Å². The number of pyridine rings is 1. The van der Waals surface area contributed by atoms with Gasteiger partial charge in [0.05, 0.1) is 10.0 Å². The zero-order valence-electron chi connectivity index (χ0n) is 11.6. The average Bonchev–Trinajstić information content (AvgIpc) is 2.35. The molecule has 3 N–H and O–H groups in total. The first-order valence-corrected chi connectivity index (χ1v) is 6.97. The average molecular weight is 306 g/mol. The van der Waals surface area contributed by atoms with E-state index in [-0.39, 0.29) is 0 Å². The van der Waals surface area contributed by atoms with Crippen LogP contribution in [0.2, 0.25) is 10.0 Å². The number of anilines is 2. The Morgan fingerprint density at radius 2 is 1.89 bits per heavy atom. The highest BCUT2D eigenvalue weighted by molar-refractivity contribution is 6.37. The lowest BCUT2D eigenvalue weighted by molar-refractivity contribution is 0.412. The predicted octanol–water partition coefficient (Wildman–Crippen LogP) is 2.45. The molecule has 108 valence electrons. The molecule has 0 amide bonds. The fourth-order valence-electron chi connectivity index (χ4n) is 1.69. The first-order chi connectivity index (χ1) is 8.99. The van der Waals surface area contributed by atoms with Crippen molar-refractivity contribution in [2.45, 2.75) is 13.3 Å². The normalized spacial score (nSPS) is 10.9. The van der Waals surface area contributed by atoms with Crippen LogP contribution >= 0.6 is 23.2 Å². The molecule has 0 unspecified atom stereocenters. The molecule has 1 aromatic heterocycles. The summed E-state index contributed by atoms with van der Waals surface area (Å²) >= 11 is 12.2. The van der Waals surface area contributed by atoms with E-state index in [0.717, 1.165) is 26.1 Å². The number of nitrogens with zero attached hydrogens (tertiary/aromatic N) is 3. The van der Waals surface area contributed by atoms with Crippen molar-refractivity contribution in [3.05, 3.63) is 16.1 Å². The van der Waals surface area contributed by atoms with Gasteiger partial charge in [0.25, 0.3) is 0 Å². The van der Waals surface area contributed by atoms with Gasteiger partial charge in [0.15, 0.2) is 5.82 Å². The van der Waals surface area contributed by atoms with Crippen LogP contribution < -0.4 is 16.2 Å².